The average molecular weight is 565 g/mol. The highest BCUT2D eigenvalue weighted by Gasteiger charge is 2.59. The molecule has 0 heterocycles. The number of phenolic OH excluding ortho intramolecular Hbond substituents is 1. The lowest BCUT2D eigenvalue weighted by Gasteiger charge is -2.58. The van der Waals surface area contributed by atoms with E-state index in [1.165, 1.54) is 44.1 Å². The molecule has 1 aromatic rings. The van der Waals surface area contributed by atoms with Gasteiger partial charge >= 0.3 is 5.97 Å². The normalized spacial score (nSPS) is 34.0. The molecule has 1 aromatic carbocycles. The lowest BCUT2D eigenvalue weighted by atomic mass is 9.46. The van der Waals surface area contributed by atoms with Crippen LogP contribution in [0.1, 0.15) is 77.7 Å². The molecule has 4 aliphatic rings. The Hall–Kier alpha value is -3.16. The first-order chi connectivity index (χ1) is 19.5. The number of aromatic hydroxyl groups is 1. The van der Waals surface area contributed by atoms with E-state index in [9.17, 15) is 19.5 Å². The number of carbonyl (C=O) groups excluding carboxylic acids is 3. The zero-order valence-corrected chi connectivity index (χ0v) is 24.8. The number of rotatable bonds is 8. The molecule has 1 amide bonds. The Balaban J connectivity index is 1.19. The molecule has 7 atom stereocenters. The van der Waals surface area contributed by atoms with E-state index in [4.69, 9.17) is 9.57 Å². The Bertz CT molecular complexity index is 1240. The smallest absolute Gasteiger partial charge is 0.328 e. The lowest BCUT2D eigenvalue weighted by Crippen LogP contribution is -2.51. The number of hydrogen-bond donors (Lipinski definition) is 2. The van der Waals surface area contributed by atoms with Gasteiger partial charge in [-0.3, -0.25) is 9.59 Å². The number of hydrogen-bond acceptors (Lipinski definition) is 7. The summed E-state index contributed by atoms with van der Waals surface area (Å²) in [5.74, 6) is 1.70. The molecule has 8 nitrogen and oxygen atoms in total. The highest BCUT2D eigenvalue weighted by Crippen LogP contribution is 2.66. The zero-order chi connectivity index (χ0) is 29.4. The van der Waals surface area contributed by atoms with Gasteiger partial charge in [0.05, 0.1) is 12.8 Å². The van der Waals surface area contributed by atoms with Crippen LogP contribution in [0, 0.1) is 34.5 Å². The molecule has 0 aromatic heterocycles. The Morgan fingerprint density at radius 3 is 2.51 bits per heavy atom. The van der Waals surface area contributed by atoms with Crippen LogP contribution in [0.3, 0.4) is 0 Å². The Labute approximate surface area is 242 Å². The third-order valence-corrected chi connectivity index (χ3v) is 11.0. The fourth-order valence-electron chi connectivity index (χ4n) is 8.92. The van der Waals surface area contributed by atoms with E-state index in [0.717, 1.165) is 43.4 Å². The Morgan fingerprint density at radius 1 is 1.05 bits per heavy atom. The summed E-state index contributed by atoms with van der Waals surface area (Å²) in [5, 5.41) is 16.5. The van der Waals surface area contributed by atoms with Crippen LogP contribution in [0.25, 0.3) is 0 Å². The fourth-order valence-corrected chi connectivity index (χ4v) is 8.92. The average Bonchev–Trinajstić information content (AvgIpc) is 3.31. The van der Waals surface area contributed by atoms with Crippen LogP contribution in [0.4, 0.5) is 0 Å². The van der Waals surface area contributed by atoms with Crippen molar-refractivity contribution >= 4 is 23.4 Å². The van der Waals surface area contributed by atoms with Gasteiger partial charge in [0.1, 0.15) is 17.6 Å². The van der Waals surface area contributed by atoms with E-state index in [1.807, 2.05) is 0 Å². The number of fused-ring (bicyclic) bond motifs is 5. The molecule has 5 rings (SSSR count). The number of oxime groups is 1. The van der Waals surface area contributed by atoms with Crippen molar-refractivity contribution in [1.82, 2.24) is 5.32 Å². The van der Waals surface area contributed by atoms with Crippen molar-refractivity contribution in [3.63, 3.8) is 0 Å². The van der Waals surface area contributed by atoms with Crippen LogP contribution in [-0.4, -0.2) is 48.2 Å². The van der Waals surface area contributed by atoms with Crippen molar-refractivity contribution in [1.29, 1.82) is 0 Å². The van der Waals surface area contributed by atoms with Gasteiger partial charge in [-0.1, -0.05) is 36.7 Å². The summed E-state index contributed by atoms with van der Waals surface area (Å²) in [4.78, 5) is 42.7. The van der Waals surface area contributed by atoms with Gasteiger partial charge in [0.15, 0.2) is 6.61 Å². The molecular formula is C33H44N2O6. The van der Waals surface area contributed by atoms with Gasteiger partial charge in [0.2, 0.25) is 0 Å². The number of amides is 1. The van der Waals surface area contributed by atoms with Gasteiger partial charge in [-0.05, 0) is 111 Å². The standard InChI is InChI=1S/C33H44N2O6/c1-20(36)26-11-12-27-25-10-7-22-18-23(13-15-32(22,2)28(25)14-16-33(26,27)3)35-41-19-30(38)34-29(31(39)40-4)17-21-5-8-24(37)9-6-21/h5-6,8-9,18,25-29,37H,7,10-17,19H2,1-4H3,(H,34,38)/b35-23+/t25-,26+,27-,28-,29+,32-,33+/m0/s1. The second-order valence-corrected chi connectivity index (χ2v) is 13.2. The van der Waals surface area contributed by atoms with E-state index in [-0.39, 0.29) is 35.5 Å². The van der Waals surface area contributed by atoms with Crippen LogP contribution in [0.15, 0.2) is 41.1 Å². The molecular weight excluding hydrogens is 520 g/mol. The molecule has 0 radical (unpaired) electrons. The fraction of sp³-hybridized carbons (Fsp3) is 0.636. The summed E-state index contributed by atoms with van der Waals surface area (Å²) in [7, 11) is 1.28. The molecule has 4 aliphatic carbocycles. The Morgan fingerprint density at radius 2 is 1.80 bits per heavy atom. The number of phenols is 1. The number of esters is 1. The highest BCUT2D eigenvalue weighted by atomic mass is 16.6. The molecule has 0 unspecified atom stereocenters. The van der Waals surface area contributed by atoms with Crippen LogP contribution in [-0.2, 0) is 30.4 Å². The maximum atomic E-state index is 12.6. The number of ketones is 1. The molecule has 0 bridgehead atoms. The minimum absolute atomic E-state index is 0.129. The van der Waals surface area contributed by atoms with Crippen molar-refractivity contribution in [3.05, 3.63) is 41.5 Å². The maximum absolute atomic E-state index is 12.6. The first-order valence-corrected chi connectivity index (χ1v) is 15.1. The van der Waals surface area contributed by atoms with Crippen LogP contribution < -0.4 is 5.32 Å². The second-order valence-electron chi connectivity index (χ2n) is 13.2. The Kier molecular flexibility index (Phi) is 8.31. The van der Waals surface area contributed by atoms with E-state index in [0.29, 0.717) is 23.5 Å². The van der Waals surface area contributed by atoms with Crippen LogP contribution >= 0.6 is 0 Å². The molecule has 8 heteroatoms. The summed E-state index contributed by atoms with van der Waals surface area (Å²) >= 11 is 0. The molecule has 3 fully saturated rings. The van der Waals surface area contributed by atoms with Crippen LogP contribution in [0.2, 0.25) is 0 Å². The quantitative estimate of drug-likeness (QED) is 0.334. The molecule has 41 heavy (non-hydrogen) atoms. The van der Waals surface area contributed by atoms with E-state index < -0.39 is 17.9 Å². The van der Waals surface area contributed by atoms with Gasteiger partial charge in [-0.2, -0.15) is 0 Å². The lowest BCUT2D eigenvalue weighted by molar-refractivity contribution is -0.145. The molecule has 2 N–H and O–H groups in total. The predicted octanol–water partition coefficient (Wildman–Crippen LogP) is 5.13. The summed E-state index contributed by atoms with van der Waals surface area (Å²) in [6, 6.07) is 5.58. The molecule has 0 saturated heterocycles. The van der Waals surface area contributed by atoms with Gasteiger partial charge < -0.3 is 20.0 Å². The van der Waals surface area contributed by atoms with Crippen molar-refractivity contribution < 1.29 is 29.1 Å². The third-order valence-electron chi connectivity index (χ3n) is 11.0. The second kappa shape index (κ2) is 11.6. The van der Waals surface area contributed by atoms with Gasteiger partial charge in [-0.25, -0.2) is 4.79 Å². The predicted molar refractivity (Wildman–Crippen MR) is 155 cm³/mol. The molecule has 3 saturated carbocycles. The van der Waals surface area contributed by atoms with Gasteiger partial charge in [-0.15, -0.1) is 0 Å². The summed E-state index contributed by atoms with van der Waals surface area (Å²) in [6.45, 7) is 6.31. The third kappa shape index (κ3) is 5.67. The number of ether oxygens (including phenoxy) is 1. The number of allylic oxidation sites excluding steroid dienone is 2. The van der Waals surface area contributed by atoms with E-state index in [1.54, 1.807) is 19.1 Å². The summed E-state index contributed by atoms with van der Waals surface area (Å²) in [6.07, 6.45) is 11.0. The van der Waals surface area contributed by atoms with Crippen molar-refractivity contribution in [2.45, 2.75) is 84.6 Å². The SMILES string of the molecule is COC(=O)[C@@H](Cc1ccc(O)cc1)NC(=O)CO/N=C1/C=C2CC[C@H]3[C@@H]4CC[C@H](C(C)=O)[C@@]4(C)CC[C@@H]3[C@@]2(C)CC1. The molecule has 222 valence electrons. The monoisotopic (exact) mass is 564 g/mol. The van der Waals surface area contributed by atoms with Crippen molar-refractivity contribution in [2.75, 3.05) is 13.7 Å². The van der Waals surface area contributed by atoms with Crippen LogP contribution in [0.5, 0.6) is 5.75 Å². The van der Waals surface area contributed by atoms with Gasteiger partial charge in [0.25, 0.3) is 5.91 Å². The number of methoxy groups -OCH3 is 1. The number of Topliss-reactive ketones (excluding diaryl/α,β-unsaturated/α-hetero) is 1. The highest BCUT2D eigenvalue weighted by molar-refractivity contribution is 5.96. The first kappa shape index (κ1) is 29.3. The largest absolute Gasteiger partial charge is 0.508 e. The van der Waals surface area contributed by atoms with Gasteiger partial charge in [0, 0.05) is 12.3 Å². The van der Waals surface area contributed by atoms with E-state index >= 15 is 0 Å². The number of nitrogens with one attached hydrogen (secondary N) is 1. The minimum atomic E-state index is -0.871. The maximum Gasteiger partial charge on any atom is 0.328 e. The number of nitrogens with zero attached hydrogens (tertiary/aromatic N) is 1. The van der Waals surface area contributed by atoms with Crippen molar-refractivity contribution in [2.24, 2.45) is 39.7 Å². The minimum Gasteiger partial charge on any atom is -0.508 e. The summed E-state index contributed by atoms with van der Waals surface area (Å²) < 4.78 is 4.86. The summed E-state index contributed by atoms with van der Waals surface area (Å²) in [5.41, 5.74) is 3.39. The molecule has 0 spiro atoms. The van der Waals surface area contributed by atoms with Crippen molar-refractivity contribution in [3.8, 4) is 5.75 Å². The zero-order valence-electron chi connectivity index (χ0n) is 24.8. The number of carbonyl (C=O) groups is 3. The molecule has 0 aliphatic heterocycles. The van der Waals surface area contributed by atoms with E-state index in [2.05, 4.69) is 30.4 Å². The topological polar surface area (TPSA) is 114 Å². The first-order valence-electron chi connectivity index (χ1n) is 15.1. The number of benzene rings is 1.